The maximum absolute atomic E-state index is 13.7. The Labute approximate surface area is 97.7 Å². The van der Waals surface area contributed by atoms with E-state index in [2.05, 4.69) is 5.32 Å². The van der Waals surface area contributed by atoms with Crippen LogP contribution in [0.3, 0.4) is 0 Å². The number of benzene rings is 1. The molecule has 4 heteroatoms. The first-order chi connectivity index (χ1) is 7.74. The second-order valence-corrected chi connectivity index (χ2v) is 5.47. The number of rotatable bonds is 2. The lowest BCUT2D eigenvalue weighted by molar-refractivity contribution is 0.500. The van der Waals surface area contributed by atoms with Gasteiger partial charge in [0.1, 0.15) is 5.82 Å². The van der Waals surface area contributed by atoms with Gasteiger partial charge in [0.25, 0.3) is 0 Å². The lowest BCUT2D eigenvalue weighted by Crippen LogP contribution is -2.21. The minimum atomic E-state index is -1.18. The van der Waals surface area contributed by atoms with Crippen LogP contribution in [0.15, 0.2) is 23.1 Å². The minimum absolute atomic E-state index is 0.141. The van der Waals surface area contributed by atoms with Gasteiger partial charge in [0.05, 0.1) is 15.7 Å². The summed E-state index contributed by atoms with van der Waals surface area (Å²) in [7, 11) is -1.18. The number of hydrogen-bond acceptors (Lipinski definition) is 2. The Bertz CT molecular complexity index is 408. The monoisotopic (exact) mass is 241 g/mol. The van der Waals surface area contributed by atoms with Gasteiger partial charge in [0, 0.05) is 11.8 Å². The zero-order valence-corrected chi connectivity index (χ0v) is 10.1. The molecule has 88 valence electrons. The van der Waals surface area contributed by atoms with E-state index in [0.717, 1.165) is 24.9 Å². The van der Waals surface area contributed by atoms with Gasteiger partial charge in [-0.3, -0.25) is 4.21 Å². The Morgan fingerprint density at radius 2 is 2.38 bits per heavy atom. The molecular weight excluding hydrogens is 225 g/mol. The highest BCUT2D eigenvalue weighted by molar-refractivity contribution is 7.85. The fourth-order valence-electron chi connectivity index (χ4n) is 2.17. The van der Waals surface area contributed by atoms with Gasteiger partial charge in [-0.05, 0) is 31.0 Å². The van der Waals surface area contributed by atoms with Crippen LogP contribution in [0.4, 0.5) is 4.39 Å². The first kappa shape index (κ1) is 11.7. The van der Waals surface area contributed by atoms with Crippen molar-refractivity contribution in [3.8, 4) is 0 Å². The predicted octanol–water partition coefficient (Wildman–Crippen LogP) is 2.38. The molecule has 2 rings (SSSR count). The highest BCUT2D eigenvalue weighted by atomic mass is 32.2. The Morgan fingerprint density at radius 3 is 3.12 bits per heavy atom. The first-order valence-electron chi connectivity index (χ1n) is 5.64. The summed E-state index contributed by atoms with van der Waals surface area (Å²) >= 11 is 0. The third kappa shape index (κ3) is 2.18. The van der Waals surface area contributed by atoms with Crippen molar-refractivity contribution in [1.29, 1.82) is 0 Å². The van der Waals surface area contributed by atoms with Gasteiger partial charge in [0.15, 0.2) is 0 Å². The molecule has 2 nitrogen and oxygen atoms in total. The van der Waals surface area contributed by atoms with E-state index in [1.54, 1.807) is 6.07 Å². The summed E-state index contributed by atoms with van der Waals surface area (Å²) in [6.07, 6.45) is 1.80. The maximum atomic E-state index is 13.7. The van der Waals surface area contributed by atoms with Crippen molar-refractivity contribution in [3.63, 3.8) is 0 Å². The van der Waals surface area contributed by atoms with Crippen LogP contribution in [0, 0.1) is 5.82 Å². The van der Waals surface area contributed by atoms with Crippen LogP contribution in [0.5, 0.6) is 0 Å². The van der Waals surface area contributed by atoms with Crippen LogP contribution in [0.1, 0.15) is 31.4 Å². The highest BCUT2D eigenvalue weighted by Gasteiger charge is 2.24. The van der Waals surface area contributed by atoms with E-state index in [1.165, 1.54) is 6.07 Å². The molecule has 0 bridgehead atoms. The van der Waals surface area contributed by atoms with Gasteiger partial charge in [0.2, 0.25) is 0 Å². The van der Waals surface area contributed by atoms with Crippen LogP contribution in [0.2, 0.25) is 0 Å². The van der Waals surface area contributed by atoms with E-state index in [0.29, 0.717) is 10.6 Å². The van der Waals surface area contributed by atoms with Crippen molar-refractivity contribution < 1.29 is 8.60 Å². The maximum Gasteiger partial charge on any atom is 0.139 e. The minimum Gasteiger partial charge on any atom is -0.310 e. The standard InChI is InChI=1S/C12H16FNOS/c1-2-14-11-7-4-8-16(15)12-9(11)5-3-6-10(12)13/h3,5-6,11,14H,2,4,7-8H2,1H3. The van der Waals surface area contributed by atoms with E-state index < -0.39 is 10.8 Å². The molecule has 1 aliphatic rings. The fraction of sp³-hybridized carbons (Fsp3) is 0.500. The van der Waals surface area contributed by atoms with Gasteiger partial charge in [-0.1, -0.05) is 19.1 Å². The largest absolute Gasteiger partial charge is 0.310 e. The summed E-state index contributed by atoms with van der Waals surface area (Å²) in [5.74, 6) is 0.233. The second kappa shape index (κ2) is 5.06. The molecule has 0 spiro atoms. The zero-order chi connectivity index (χ0) is 11.5. The average molecular weight is 241 g/mol. The SMILES string of the molecule is CCNC1CCCS(=O)c2c(F)cccc21. The molecule has 0 fully saturated rings. The Hall–Kier alpha value is -0.740. The molecule has 0 aromatic heterocycles. The Morgan fingerprint density at radius 1 is 1.56 bits per heavy atom. The van der Waals surface area contributed by atoms with Crippen LogP contribution in [-0.4, -0.2) is 16.5 Å². The van der Waals surface area contributed by atoms with Crippen LogP contribution >= 0.6 is 0 Å². The summed E-state index contributed by atoms with van der Waals surface area (Å²) in [5, 5.41) is 3.33. The summed E-state index contributed by atoms with van der Waals surface area (Å²) < 4.78 is 25.6. The molecule has 0 aliphatic carbocycles. The summed E-state index contributed by atoms with van der Waals surface area (Å²) in [5.41, 5.74) is 0.873. The van der Waals surface area contributed by atoms with Gasteiger partial charge < -0.3 is 5.32 Å². The van der Waals surface area contributed by atoms with Crippen molar-refractivity contribution >= 4 is 10.8 Å². The quantitative estimate of drug-likeness (QED) is 0.861. The lowest BCUT2D eigenvalue weighted by Gasteiger charge is -2.17. The first-order valence-corrected chi connectivity index (χ1v) is 6.96. The van der Waals surface area contributed by atoms with E-state index in [4.69, 9.17) is 0 Å². The Kier molecular flexibility index (Phi) is 3.71. The molecule has 2 atom stereocenters. The summed E-state index contributed by atoms with van der Waals surface area (Å²) in [6, 6.07) is 5.11. The highest BCUT2D eigenvalue weighted by Crippen LogP contribution is 2.30. The topological polar surface area (TPSA) is 29.1 Å². The molecule has 1 aliphatic heterocycles. The van der Waals surface area contributed by atoms with Crippen molar-refractivity contribution in [3.05, 3.63) is 29.6 Å². The molecule has 0 amide bonds. The second-order valence-electron chi connectivity index (χ2n) is 3.96. The number of hydrogen-bond donors (Lipinski definition) is 1. The molecular formula is C12H16FNOS. The number of nitrogens with one attached hydrogen (secondary N) is 1. The van der Waals surface area contributed by atoms with E-state index in [9.17, 15) is 8.60 Å². The average Bonchev–Trinajstić information content (AvgIpc) is 2.41. The van der Waals surface area contributed by atoms with Crippen LogP contribution < -0.4 is 5.32 Å². The molecule has 0 saturated carbocycles. The molecule has 16 heavy (non-hydrogen) atoms. The summed E-state index contributed by atoms with van der Waals surface area (Å²) in [6.45, 7) is 2.87. The predicted molar refractivity (Wildman–Crippen MR) is 63.3 cm³/mol. The molecule has 2 unspecified atom stereocenters. The molecule has 1 aromatic rings. The summed E-state index contributed by atoms with van der Waals surface area (Å²) in [4.78, 5) is 0.408. The van der Waals surface area contributed by atoms with E-state index >= 15 is 0 Å². The Balaban J connectivity index is 2.47. The molecule has 0 saturated heterocycles. The van der Waals surface area contributed by atoms with Crippen LogP contribution in [-0.2, 0) is 10.8 Å². The molecule has 1 aromatic carbocycles. The van der Waals surface area contributed by atoms with Gasteiger partial charge in [-0.25, -0.2) is 4.39 Å². The molecule has 1 N–H and O–H groups in total. The lowest BCUT2D eigenvalue weighted by atomic mass is 10.0. The van der Waals surface area contributed by atoms with Gasteiger partial charge in [-0.15, -0.1) is 0 Å². The van der Waals surface area contributed by atoms with Gasteiger partial charge in [-0.2, -0.15) is 0 Å². The third-order valence-corrected chi connectivity index (χ3v) is 4.42. The third-order valence-electron chi connectivity index (χ3n) is 2.87. The van der Waals surface area contributed by atoms with Crippen molar-refractivity contribution in [2.24, 2.45) is 0 Å². The van der Waals surface area contributed by atoms with Gasteiger partial charge >= 0.3 is 0 Å². The zero-order valence-electron chi connectivity index (χ0n) is 9.33. The van der Waals surface area contributed by atoms with E-state index in [1.807, 2.05) is 13.0 Å². The molecule has 1 heterocycles. The smallest absolute Gasteiger partial charge is 0.139 e. The normalized spacial score (nSPS) is 24.9. The number of halogens is 1. The fourth-order valence-corrected chi connectivity index (χ4v) is 3.57. The molecule has 0 radical (unpaired) electrons. The number of fused-ring (bicyclic) bond motifs is 1. The van der Waals surface area contributed by atoms with Crippen LogP contribution in [0.25, 0.3) is 0 Å². The van der Waals surface area contributed by atoms with Crippen molar-refractivity contribution in [2.75, 3.05) is 12.3 Å². The van der Waals surface area contributed by atoms with E-state index in [-0.39, 0.29) is 11.9 Å². The van der Waals surface area contributed by atoms with Crippen molar-refractivity contribution in [1.82, 2.24) is 5.32 Å². The van der Waals surface area contributed by atoms with Crippen molar-refractivity contribution in [2.45, 2.75) is 30.7 Å².